The van der Waals surface area contributed by atoms with Crippen LogP contribution in [-0.4, -0.2) is 19.6 Å². The van der Waals surface area contributed by atoms with Gasteiger partial charge in [0.1, 0.15) is 11.5 Å². The summed E-state index contributed by atoms with van der Waals surface area (Å²) in [6.07, 6.45) is 5.21. The van der Waals surface area contributed by atoms with E-state index in [4.69, 9.17) is 19.6 Å². The smallest absolute Gasteiger partial charge is 0.404 e. The summed E-state index contributed by atoms with van der Waals surface area (Å²) >= 11 is 0. The van der Waals surface area contributed by atoms with Crippen molar-refractivity contribution in [3.63, 3.8) is 0 Å². The maximum atomic E-state index is 11.0. The summed E-state index contributed by atoms with van der Waals surface area (Å²) in [5.41, 5.74) is 3.99. The normalized spacial score (nSPS) is 14.6. The van der Waals surface area contributed by atoms with E-state index in [2.05, 4.69) is 9.05 Å². The van der Waals surface area contributed by atoms with Crippen LogP contribution in [0.1, 0.15) is 43.2 Å². The summed E-state index contributed by atoms with van der Waals surface area (Å²) in [6, 6.07) is 13.0. The molecule has 1 aliphatic carbocycles. The van der Waals surface area contributed by atoms with Gasteiger partial charge in [0.2, 0.25) is 0 Å². The van der Waals surface area contributed by atoms with Gasteiger partial charge >= 0.3 is 45.2 Å². The molecule has 0 heterocycles. The first-order chi connectivity index (χ1) is 13.6. The van der Waals surface area contributed by atoms with Crippen molar-refractivity contribution in [2.45, 2.75) is 32.1 Å². The van der Waals surface area contributed by atoms with E-state index >= 15 is 0 Å². The van der Waals surface area contributed by atoms with Crippen molar-refractivity contribution in [1.82, 2.24) is 0 Å². The van der Waals surface area contributed by atoms with E-state index in [0.717, 1.165) is 42.4 Å². The van der Waals surface area contributed by atoms with E-state index in [9.17, 15) is 9.13 Å². The van der Waals surface area contributed by atoms with Crippen LogP contribution >= 0.6 is 15.6 Å². The van der Waals surface area contributed by atoms with Crippen LogP contribution < -0.4 is 38.6 Å². The fourth-order valence-electron chi connectivity index (χ4n) is 3.44. The van der Waals surface area contributed by atoms with Crippen LogP contribution in [0.25, 0.3) is 5.57 Å². The maximum Gasteiger partial charge on any atom is 1.00 e. The Morgan fingerprint density at radius 1 is 0.667 bits per heavy atom. The fourth-order valence-corrected chi connectivity index (χ4v) is 4.24. The molecule has 8 nitrogen and oxygen atoms in total. The third kappa shape index (κ3) is 7.65. The van der Waals surface area contributed by atoms with Crippen molar-refractivity contribution < 1.29 is 67.3 Å². The minimum Gasteiger partial charge on any atom is -0.404 e. The molecule has 2 aromatic rings. The first-order valence-corrected chi connectivity index (χ1v) is 12.1. The molecule has 2 aromatic carbocycles. The largest absolute Gasteiger partial charge is 1.00 e. The number of hydrogen-bond acceptors (Lipinski definition) is 4. The van der Waals surface area contributed by atoms with E-state index in [1.54, 1.807) is 24.3 Å². The van der Waals surface area contributed by atoms with Crippen molar-refractivity contribution in [2.24, 2.45) is 0 Å². The Morgan fingerprint density at radius 3 is 1.37 bits per heavy atom. The van der Waals surface area contributed by atoms with E-state index < -0.39 is 15.6 Å². The Labute approximate surface area is 196 Å². The van der Waals surface area contributed by atoms with Crippen LogP contribution in [0.3, 0.4) is 0 Å². The van der Waals surface area contributed by atoms with Gasteiger partial charge in [0.25, 0.3) is 0 Å². The van der Waals surface area contributed by atoms with E-state index in [1.165, 1.54) is 36.3 Å². The van der Waals surface area contributed by atoms with Crippen LogP contribution in [-0.2, 0) is 9.13 Å². The average Bonchev–Trinajstić information content (AvgIpc) is 2.63. The van der Waals surface area contributed by atoms with Gasteiger partial charge in [-0.25, -0.2) is 9.13 Å². The molecule has 0 aromatic heterocycles. The molecule has 156 valence electrons. The van der Waals surface area contributed by atoms with Crippen molar-refractivity contribution in [3.05, 3.63) is 65.2 Å². The third-order valence-corrected chi connectivity index (χ3v) is 5.44. The molecule has 0 unspecified atom stereocenters. The number of phosphoric acid groups is 2. The quantitative estimate of drug-likeness (QED) is 0.373. The van der Waals surface area contributed by atoms with Crippen molar-refractivity contribution >= 4 is 21.2 Å². The molecule has 1 saturated carbocycles. The predicted octanol–water partition coefficient (Wildman–Crippen LogP) is 1.40. The van der Waals surface area contributed by atoms with E-state index in [0.29, 0.717) is 0 Å². The molecular formula is C19H22NaO8P2+. The third-order valence-electron chi connectivity index (χ3n) is 4.55. The van der Waals surface area contributed by atoms with E-state index in [-0.39, 0.29) is 41.1 Å². The fraction of sp³-hybridized carbons (Fsp3) is 0.263. The Kier molecular flexibility index (Phi) is 8.95. The second kappa shape index (κ2) is 10.6. The molecule has 30 heavy (non-hydrogen) atoms. The van der Waals surface area contributed by atoms with Crippen molar-refractivity contribution in [3.8, 4) is 11.5 Å². The summed E-state index contributed by atoms with van der Waals surface area (Å²) in [7, 11) is -9.25. The monoisotopic (exact) mass is 463 g/mol. The van der Waals surface area contributed by atoms with Crippen molar-refractivity contribution in [1.29, 1.82) is 0 Å². The van der Waals surface area contributed by atoms with Gasteiger partial charge < -0.3 is 9.05 Å². The zero-order chi connectivity index (χ0) is 21.1. The molecule has 3 rings (SSSR count). The number of rotatable bonds is 6. The molecule has 1 aliphatic rings. The first-order valence-electron chi connectivity index (χ1n) is 9.04. The minimum absolute atomic E-state index is 0. The van der Waals surface area contributed by atoms with Gasteiger partial charge in [-0.2, -0.15) is 0 Å². The summed E-state index contributed by atoms with van der Waals surface area (Å²) in [4.78, 5) is 35.8. The second-order valence-electron chi connectivity index (χ2n) is 6.75. The van der Waals surface area contributed by atoms with Crippen LogP contribution in [0.15, 0.2) is 54.1 Å². The van der Waals surface area contributed by atoms with Crippen LogP contribution in [0, 0.1) is 0 Å². The zero-order valence-electron chi connectivity index (χ0n) is 16.5. The van der Waals surface area contributed by atoms with Crippen LogP contribution in [0.2, 0.25) is 0 Å². The molecule has 0 saturated heterocycles. The number of benzene rings is 2. The predicted molar refractivity (Wildman–Crippen MR) is 107 cm³/mol. The summed E-state index contributed by atoms with van der Waals surface area (Å²) in [5.74, 6) is 0.140. The van der Waals surface area contributed by atoms with Gasteiger partial charge in [-0.1, -0.05) is 36.3 Å². The minimum atomic E-state index is -4.62. The molecule has 0 radical (unpaired) electrons. The SMILES string of the molecule is O=P(O)(O)Oc1ccc(C(=C2CCCCC2)c2ccc(OP(=O)(O)O)cc2)cc1.[Na+]. The topological polar surface area (TPSA) is 134 Å². The van der Waals surface area contributed by atoms with Gasteiger partial charge in [0.15, 0.2) is 0 Å². The number of allylic oxidation sites excluding steroid dienone is 1. The molecule has 0 amide bonds. The van der Waals surface area contributed by atoms with Gasteiger partial charge in [-0.3, -0.25) is 19.6 Å². The van der Waals surface area contributed by atoms with Crippen LogP contribution in [0.5, 0.6) is 11.5 Å². The van der Waals surface area contributed by atoms with Gasteiger partial charge in [0.05, 0.1) is 0 Å². The van der Waals surface area contributed by atoms with E-state index in [1.807, 2.05) is 0 Å². The van der Waals surface area contributed by atoms with Crippen molar-refractivity contribution in [2.75, 3.05) is 0 Å². The van der Waals surface area contributed by atoms with Gasteiger partial charge in [0, 0.05) is 0 Å². The Balaban J connectivity index is 0.00000320. The van der Waals surface area contributed by atoms with Gasteiger partial charge in [-0.05, 0) is 66.6 Å². The van der Waals surface area contributed by atoms with Gasteiger partial charge in [-0.15, -0.1) is 0 Å². The molecule has 0 aliphatic heterocycles. The molecule has 0 spiro atoms. The average molecular weight is 463 g/mol. The zero-order valence-corrected chi connectivity index (χ0v) is 20.3. The maximum absolute atomic E-state index is 11.0. The Hall–Kier alpha value is -0.920. The second-order valence-corrected chi connectivity index (χ2v) is 9.08. The molecular weight excluding hydrogens is 441 g/mol. The summed E-state index contributed by atoms with van der Waals surface area (Å²) < 4.78 is 31.2. The first kappa shape index (κ1) is 25.3. The molecule has 1 fully saturated rings. The Morgan fingerprint density at radius 2 is 1.03 bits per heavy atom. The summed E-state index contributed by atoms with van der Waals surface area (Å²) in [6.45, 7) is 0. The molecule has 4 N–H and O–H groups in total. The molecule has 0 bridgehead atoms. The number of hydrogen-bond donors (Lipinski definition) is 4. The Bertz CT molecular complexity index is 899. The molecule has 11 heteroatoms. The van der Waals surface area contributed by atoms with Crippen LogP contribution in [0.4, 0.5) is 0 Å². The number of phosphoric ester groups is 2. The summed E-state index contributed by atoms with van der Waals surface area (Å²) in [5, 5.41) is 0. The standard InChI is InChI=1S/C19H22O8P2.Na/c20-28(21,22)26-17-10-6-15(7-11-17)19(14-4-2-1-3-5-14)16-8-12-18(13-9-16)27-29(23,24)25;/h6-13H,1-5H2,(H2,20,21,22)(H2,23,24,25);/q;+1. The molecule has 0 atom stereocenters.